The molecule has 0 saturated carbocycles. The molecule has 4 heteroatoms. The second-order valence-corrected chi connectivity index (χ2v) is 4.03. The van der Waals surface area contributed by atoms with E-state index in [9.17, 15) is 4.79 Å². The molecule has 1 saturated heterocycles. The molecule has 1 fully saturated rings. The molecule has 2 N–H and O–H groups in total. The quantitative estimate of drug-likeness (QED) is 0.674. The van der Waals surface area contributed by atoms with Gasteiger partial charge in [0, 0.05) is 32.7 Å². The number of hydrogen-bond donors (Lipinski definition) is 2. The number of piperazine rings is 1. The molecule has 0 radical (unpaired) electrons. The number of rotatable bonds is 5. The fourth-order valence-electron chi connectivity index (χ4n) is 1.73. The van der Waals surface area contributed by atoms with Gasteiger partial charge >= 0.3 is 6.03 Å². The van der Waals surface area contributed by atoms with Gasteiger partial charge in [-0.3, -0.25) is 0 Å². The van der Waals surface area contributed by atoms with E-state index in [2.05, 4.69) is 17.6 Å². The number of nitrogens with one attached hydrogen (secondary N) is 2. The Kier molecular flexibility index (Phi) is 6.16. The first-order valence-corrected chi connectivity index (χ1v) is 6.08. The van der Waals surface area contributed by atoms with E-state index < -0.39 is 0 Å². The van der Waals surface area contributed by atoms with E-state index in [4.69, 9.17) is 0 Å². The van der Waals surface area contributed by atoms with E-state index in [1.54, 1.807) is 0 Å². The van der Waals surface area contributed by atoms with Gasteiger partial charge in [-0.2, -0.15) is 0 Å². The Morgan fingerprint density at radius 1 is 1.27 bits per heavy atom. The summed E-state index contributed by atoms with van der Waals surface area (Å²) < 4.78 is 0. The predicted octanol–water partition coefficient (Wildman–Crippen LogP) is 1.18. The summed E-state index contributed by atoms with van der Waals surface area (Å²) in [6, 6.07) is 0.105. The molecule has 4 nitrogen and oxygen atoms in total. The van der Waals surface area contributed by atoms with Gasteiger partial charge in [-0.15, -0.1) is 0 Å². The smallest absolute Gasteiger partial charge is 0.317 e. The van der Waals surface area contributed by atoms with E-state index >= 15 is 0 Å². The van der Waals surface area contributed by atoms with Crippen LogP contribution in [-0.2, 0) is 0 Å². The van der Waals surface area contributed by atoms with Gasteiger partial charge in [0.25, 0.3) is 0 Å². The van der Waals surface area contributed by atoms with Crippen LogP contribution in [0.2, 0.25) is 0 Å². The molecule has 1 heterocycles. The van der Waals surface area contributed by atoms with Crippen LogP contribution in [0.4, 0.5) is 4.79 Å². The minimum atomic E-state index is 0.105. The van der Waals surface area contributed by atoms with Crippen LogP contribution in [0.25, 0.3) is 0 Å². The molecule has 0 aliphatic carbocycles. The van der Waals surface area contributed by atoms with Crippen LogP contribution in [-0.4, -0.2) is 43.7 Å². The maximum absolute atomic E-state index is 11.6. The molecular weight excluding hydrogens is 190 g/mol. The van der Waals surface area contributed by atoms with Crippen LogP contribution in [0.1, 0.15) is 32.6 Å². The number of unbranched alkanes of at least 4 members (excludes halogenated alkanes) is 3. The van der Waals surface area contributed by atoms with E-state index in [-0.39, 0.29) is 6.03 Å². The number of hydrogen-bond acceptors (Lipinski definition) is 2. The highest BCUT2D eigenvalue weighted by Gasteiger charge is 2.14. The van der Waals surface area contributed by atoms with Crippen LogP contribution in [0.15, 0.2) is 0 Å². The Labute approximate surface area is 92.4 Å². The molecule has 15 heavy (non-hydrogen) atoms. The van der Waals surface area contributed by atoms with Gasteiger partial charge in [-0.1, -0.05) is 26.2 Å². The molecule has 0 spiro atoms. The third-order valence-corrected chi connectivity index (χ3v) is 2.71. The van der Waals surface area contributed by atoms with Crippen LogP contribution in [0.3, 0.4) is 0 Å². The Balaban J connectivity index is 2.02. The maximum Gasteiger partial charge on any atom is 0.317 e. The van der Waals surface area contributed by atoms with Crippen molar-refractivity contribution in [2.24, 2.45) is 0 Å². The highest BCUT2D eigenvalue weighted by atomic mass is 16.2. The molecule has 0 aromatic heterocycles. The van der Waals surface area contributed by atoms with E-state index in [0.717, 1.165) is 39.1 Å². The zero-order valence-corrected chi connectivity index (χ0v) is 9.72. The predicted molar refractivity (Wildman–Crippen MR) is 62.0 cm³/mol. The minimum absolute atomic E-state index is 0.105. The van der Waals surface area contributed by atoms with E-state index in [1.165, 1.54) is 19.3 Å². The normalized spacial score (nSPS) is 16.5. The van der Waals surface area contributed by atoms with Crippen molar-refractivity contribution in [2.75, 3.05) is 32.7 Å². The SMILES string of the molecule is CCCCCCNC(=O)N1CCNCC1. The fourth-order valence-corrected chi connectivity index (χ4v) is 1.73. The Hall–Kier alpha value is -0.770. The first-order valence-electron chi connectivity index (χ1n) is 6.08. The molecule has 1 aliphatic rings. The Morgan fingerprint density at radius 2 is 2.00 bits per heavy atom. The molecule has 0 aromatic carbocycles. The van der Waals surface area contributed by atoms with Gasteiger partial charge in [0.15, 0.2) is 0 Å². The number of carbonyl (C=O) groups is 1. The van der Waals surface area contributed by atoms with Gasteiger partial charge in [0.2, 0.25) is 0 Å². The van der Waals surface area contributed by atoms with Crippen LogP contribution >= 0.6 is 0 Å². The Bertz CT molecular complexity index is 179. The van der Waals surface area contributed by atoms with Crippen LogP contribution in [0, 0.1) is 0 Å². The van der Waals surface area contributed by atoms with Crippen molar-refractivity contribution in [3.05, 3.63) is 0 Å². The maximum atomic E-state index is 11.6. The van der Waals surface area contributed by atoms with Gasteiger partial charge in [0.05, 0.1) is 0 Å². The average molecular weight is 213 g/mol. The molecule has 2 amide bonds. The second-order valence-electron chi connectivity index (χ2n) is 4.03. The van der Waals surface area contributed by atoms with Crippen molar-refractivity contribution >= 4 is 6.03 Å². The minimum Gasteiger partial charge on any atom is -0.338 e. The summed E-state index contributed by atoms with van der Waals surface area (Å²) in [5, 5.41) is 6.20. The summed E-state index contributed by atoms with van der Waals surface area (Å²) >= 11 is 0. The molecule has 1 rings (SSSR count). The van der Waals surface area contributed by atoms with Crippen molar-refractivity contribution in [3.63, 3.8) is 0 Å². The average Bonchev–Trinajstić information content (AvgIpc) is 2.30. The number of nitrogens with zero attached hydrogens (tertiary/aromatic N) is 1. The zero-order chi connectivity index (χ0) is 10.9. The molecular formula is C11H23N3O. The van der Waals surface area contributed by atoms with Gasteiger partial charge in [0.1, 0.15) is 0 Å². The molecule has 0 unspecified atom stereocenters. The summed E-state index contributed by atoms with van der Waals surface area (Å²) in [5.74, 6) is 0. The van der Waals surface area contributed by atoms with Gasteiger partial charge in [-0.25, -0.2) is 4.79 Å². The lowest BCUT2D eigenvalue weighted by molar-refractivity contribution is 0.190. The van der Waals surface area contributed by atoms with E-state index in [1.807, 2.05) is 4.90 Å². The molecule has 0 aromatic rings. The highest BCUT2D eigenvalue weighted by Crippen LogP contribution is 1.98. The van der Waals surface area contributed by atoms with Gasteiger partial charge in [-0.05, 0) is 6.42 Å². The lowest BCUT2D eigenvalue weighted by Gasteiger charge is -2.27. The van der Waals surface area contributed by atoms with Crippen molar-refractivity contribution in [2.45, 2.75) is 32.6 Å². The summed E-state index contributed by atoms with van der Waals surface area (Å²) in [4.78, 5) is 13.5. The van der Waals surface area contributed by atoms with Gasteiger partial charge < -0.3 is 15.5 Å². The first kappa shape index (κ1) is 12.3. The van der Waals surface area contributed by atoms with Crippen LogP contribution in [0.5, 0.6) is 0 Å². The van der Waals surface area contributed by atoms with Crippen LogP contribution < -0.4 is 10.6 Å². The summed E-state index contributed by atoms with van der Waals surface area (Å²) in [7, 11) is 0. The van der Waals surface area contributed by atoms with Crippen molar-refractivity contribution in [1.29, 1.82) is 0 Å². The number of carbonyl (C=O) groups excluding carboxylic acids is 1. The second kappa shape index (κ2) is 7.51. The summed E-state index contributed by atoms with van der Waals surface area (Å²) in [6.07, 6.45) is 4.83. The third-order valence-electron chi connectivity index (χ3n) is 2.71. The third kappa shape index (κ3) is 5.02. The summed E-state index contributed by atoms with van der Waals surface area (Å²) in [5.41, 5.74) is 0. The van der Waals surface area contributed by atoms with Crippen molar-refractivity contribution in [1.82, 2.24) is 15.5 Å². The first-order chi connectivity index (χ1) is 7.34. The Morgan fingerprint density at radius 3 is 2.67 bits per heavy atom. The lowest BCUT2D eigenvalue weighted by Crippen LogP contribution is -2.50. The van der Waals surface area contributed by atoms with Crippen molar-refractivity contribution in [3.8, 4) is 0 Å². The standard InChI is InChI=1S/C11H23N3O/c1-2-3-4-5-6-13-11(15)14-9-7-12-8-10-14/h12H,2-10H2,1H3,(H,13,15). The fraction of sp³-hybridized carbons (Fsp3) is 0.909. The molecule has 88 valence electrons. The van der Waals surface area contributed by atoms with E-state index in [0.29, 0.717) is 0 Å². The monoisotopic (exact) mass is 213 g/mol. The lowest BCUT2D eigenvalue weighted by atomic mass is 10.2. The molecule has 0 bridgehead atoms. The molecule has 0 atom stereocenters. The molecule has 1 aliphatic heterocycles. The number of amides is 2. The number of urea groups is 1. The zero-order valence-electron chi connectivity index (χ0n) is 9.72. The summed E-state index contributed by atoms with van der Waals surface area (Å²) in [6.45, 7) is 6.52. The van der Waals surface area contributed by atoms with Crippen molar-refractivity contribution < 1.29 is 4.79 Å². The largest absolute Gasteiger partial charge is 0.338 e. The topological polar surface area (TPSA) is 44.4 Å². The highest BCUT2D eigenvalue weighted by molar-refractivity contribution is 5.74.